The van der Waals surface area contributed by atoms with Gasteiger partial charge < -0.3 is 5.11 Å². The maximum absolute atomic E-state index is 9.98. The quantitative estimate of drug-likeness (QED) is 0.267. The highest BCUT2D eigenvalue weighted by atomic mass is 16.3. The van der Waals surface area contributed by atoms with Crippen LogP contribution >= 0.6 is 0 Å². The molecule has 0 rings (SSSR count). The van der Waals surface area contributed by atoms with Crippen LogP contribution in [-0.4, -0.2) is 11.4 Å². The van der Waals surface area contributed by atoms with Crippen LogP contribution in [0.2, 0.25) is 0 Å². The molecule has 0 unspecified atom stereocenters. The fraction of sp³-hybridized carbons (Fsp3) is 0. The van der Waals surface area contributed by atoms with Crippen LogP contribution < -0.4 is 0 Å². The Bertz CT molecular complexity index is 156. The van der Waals surface area contributed by atoms with Gasteiger partial charge in [-0.25, -0.2) is 0 Å². The Hall–Kier alpha value is -1.31. The van der Waals surface area contributed by atoms with Gasteiger partial charge in [-0.15, -0.1) is 0 Å². The summed E-state index contributed by atoms with van der Waals surface area (Å²) in [6.07, 6.45) is 3.17. The minimum atomic E-state index is -0.142. The van der Waals surface area contributed by atoms with Gasteiger partial charge in [-0.2, -0.15) is 0 Å². The van der Waals surface area contributed by atoms with Crippen LogP contribution in [0.3, 0.4) is 0 Å². The molecule has 1 N–H and O–H groups in total. The lowest BCUT2D eigenvalue weighted by molar-refractivity contribution is -0.104. The Kier molecular flexibility index (Phi) is 3.13. The molecule has 0 aliphatic heterocycles. The van der Waals surface area contributed by atoms with Gasteiger partial charge in [-0.3, -0.25) is 4.79 Å². The molecular weight excluding hydrogens is 116 g/mol. The van der Waals surface area contributed by atoms with Crippen molar-refractivity contribution in [3.8, 4) is 0 Å². The van der Waals surface area contributed by atoms with Crippen LogP contribution in [-0.2, 0) is 4.79 Å². The Labute approximate surface area is 53.8 Å². The van der Waals surface area contributed by atoms with Crippen molar-refractivity contribution in [2.45, 2.75) is 0 Å². The Morgan fingerprint density at radius 2 is 2.11 bits per heavy atom. The van der Waals surface area contributed by atoms with Crippen molar-refractivity contribution in [2.24, 2.45) is 0 Å². The molecule has 0 amide bonds. The Balaban J connectivity index is 4.24. The minimum Gasteiger partial charge on any atom is -0.509 e. The summed E-state index contributed by atoms with van der Waals surface area (Å²) in [5.74, 6) is -0.142. The van der Waals surface area contributed by atoms with E-state index in [4.69, 9.17) is 5.11 Å². The fourth-order valence-electron chi connectivity index (χ4n) is 0.333. The first-order valence-electron chi connectivity index (χ1n) is 2.38. The summed E-state index contributed by atoms with van der Waals surface area (Å²) >= 11 is 0. The molecule has 0 aromatic heterocycles. The van der Waals surface area contributed by atoms with Gasteiger partial charge in [-0.1, -0.05) is 19.2 Å². The van der Waals surface area contributed by atoms with Gasteiger partial charge in [0.05, 0.1) is 0 Å². The lowest BCUT2D eigenvalue weighted by Crippen LogP contribution is -1.79. The predicted molar refractivity (Wildman–Crippen MR) is 36.1 cm³/mol. The predicted octanol–water partition coefficient (Wildman–Crippen LogP) is 1.37. The Morgan fingerprint density at radius 1 is 1.56 bits per heavy atom. The molecule has 0 aliphatic rings. The van der Waals surface area contributed by atoms with Crippen LogP contribution in [0.5, 0.6) is 0 Å². The lowest BCUT2D eigenvalue weighted by Gasteiger charge is -1.86. The number of aliphatic hydroxyl groups excluding tert-OH is 1. The molecule has 0 aromatic rings. The summed E-state index contributed by atoms with van der Waals surface area (Å²) in [5, 5.41) is 8.51. The zero-order valence-corrected chi connectivity index (χ0v) is 5.00. The number of hydrogen-bond donors (Lipinski definition) is 1. The number of carbonyl (C=O) groups is 1. The first-order chi connectivity index (χ1) is 4.20. The highest BCUT2D eigenvalue weighted by Gasteiger charge is 1.85. The van der Waals surface area contributed by atoms with Gasteiger partial charge >= 0.3 is 0 Å². The van der Waals surface area contributed by atoms with E-state index in [9.17, 15) is 4.79 Å². The van der Waals surface area contributed by atoms with Crippen molar-refractivity contribution in [1.29, 1.82) is 0 Å². The molecule has 0 aromatic carbocycles. The van der Waals surface area contributed by atoms with Crippen LogP contribution in [0, 0.1) is 0 Å². The zero-order chi connectivity index (χ0) is 7.28. The number of allylic oxidation sites excluding steroid dienone is 3. The highest BCUT2D eigenvalue weighted by Crippen LogP contribution is 1.94. The van der Waals surface area contributed by atoms with Gasteiger partial charge in [0.1, 0.15) is 12.0 Å². The second-order valence-corrected chi connectivity index (χ2v) is 1.46. The largest absolute Gasteiger partial charge is 0.509 e. The van der Waals surface area contributed by atoms with E-state index in [-0.39, 0.29) is 5.76 Å². The van der Waals surface area contributed by atoms with Crippen molar-refractivity contribution in [2.75, 3.05) is 0 Å². The molecule has 0 saturated carbocycles. The van der Waals surface area contributed by atoms with Crippen molar-refractivity contribution in [1.82, 2.24) is 0 Å². The molecule has 48 valence electrons. The summed E-state index contributed by atoms with van der Waals surface area (Å²) < 4.78 is 0. The van der Waals surface area contributed by atoms with E-state index in [2.05, 4.69) is 13.2 Å². The van der Waals surface area contributed by atoms with Crippen LogP contribution in [0.4, 0.5) is 0 Å². The minimum absolute atomic E-state index is 0.142. The van der Waals surface area contributed by atoms with Crippen LogP contribution in [0.25, 0.3) is 0 Å². The number of aldehydes is 1. The standard InChI is InChI=1S/C7H8O2/c1-3-7(5-8)4-6(2)9/h3-5,9H,1-2H2/b7-4+. The van der Waals surface area contributed by atoms with E-state index >= 15 is 0 Å². The molecule has 0 saturated heterocycles. The highest BCUT2D eigenvalue weighted by molar-refractivity contribution is 5.77. The zero-order valence-electron chi connectivity index (χ0n) is 5.00. The topological polar surface area (TPSA) is 37.3 Å². The first-order valence-corrected chi connectivity index (χ1v) is 2.38. The van der Waals surface area contributed by atoms with Gasteiger partial charge in [-0.05, 0) is 6.08 Å². The van der Waals surface area contributed by atoms with E-state index in [1.54, 1.807) is 0 Å². The fourth-order valence-corrected chi connectivity index (χ4v) is 0.333. The van der Waals surface area contributed by atoms with Gasteiger partial charge in [0.25, 0.3) is 0 Å². The molecule has 0 heterocycles. The van der Waals surface area contributed by atoms with E-state index in [0.717, 1.165) is 0 Å². The molecule has 9 heavy (non-hydrogen) atoms. The van der Waals surface area contributed by atoms with Crippen molar-refractivity contribution in [3.63, 3.8) is 0 Å². The van der Waals surface area contributed by atoms with E-state index < -0.39 is 0 Å². The molecule has 0 fully saturated rings. The molecule has 0 radical (unpaired) electrons. The lowest BCUT2D eigenvalue weighted by atomic mass is 10.2. The second kappa shape index (κ2) is 3.66. The third kappa shape index (κ3) is 3.29. The number of carbonyl (C=O) groups excluding carboxylic acids is 1. The van der Waals surface area contributed by atoms with E-state index in [1.807, 2.05) is 0 Å². The Morgan fingerprint density at radius 3 is 2.22 bits per heavy atom. The van der Waals surface area contributed by atoms with Crippen molar-refractivity contribution < 1.29 is 9.90 Å². The number of rotatable bonds is 3. The van der Waals surface area contributed by atoms with Gasteiger partial charge in [0, 0.05) is 5.57 Å². The number of aliphatic hydroxyl groups is 1. The maximum atomic E-state index is 9.98. The number of hydrogen-bond acceptors (Lipinski definition) is 2. The van der Waals surface area contributed by atoms with E-state index in [0.29, 0.717) is 11.9 Å². The molecule has 0 spiro atoms. The average Bonchev–Trinajstić information content (AvgIpc) is 1.82. The molecule has 0 atom stereocenters. The van der Waals surface area contributed by atoms with Crippen molar-refractivity contribution >= 4 is 6.29 Å². The monoisotopic (exact) mass is 124 g/mol. The normalized spacial score (nSPS) is 10.4. The molecular formula is C7H8O2. The third-order valence-electron chi connectivity index (χ3n) is 0.705. The summed E-state index contributed by atoms with van der Waals surface area (Å²) in [5.41, 5.74) is 0.322. The van der Waals surface area contributed by atoms with Crippen molar-refractivity contribution in [3.05, 3.63) is 36.6 Å². The first kappa shape index (κ1) is 7.69. The smallest absolute Gasteiger partial charge is 0.150 e. The SMILES string of the molecule is C=C/C(C=O)=C\C(=C)O. The molecule has 0 aliphatic carbocycles. The summed E-state index contributed by atoms with van der Waals surface area (Å²) in [4.78, 5) is 9.98. The summed E-state index contributed by atoms with van der Waals surface area (Å²) in [6.45, 7) is 6.50. The molecule has 2 heteroatoms. The van der Waals surface area contributed by atoms with Crippen LogP contribution in [0.15, 0.2) is 36.6 Å². The third-order valence-corrected chi connectivity index (χ3v) is 0.705. The van der Waals surface area contributed by atoms with Gasteiger partial charge in [0.15, 0.2) is 0 Å². The average molecular weight is 124 g/mol. The second-order valence-electron chi connectivity index (χ2n) is 1.46. The summed E-state index contributed by atoms with van der Waals surface area (Å²) in [7, 11) is 0. The maximum Gasteiger partial charge on any atom is 0.150 e. The van der Waals surface area contributed by atoms with E-state index in [1.165, 1.54) is 12.2 Å². The van der Waals surface area contributed by atoms with Gasteiger partial charge in [0.2, 0.25) is 0 Å². The molecule has 0 bridgehead atoms. The molecule has 2 nitrogen and oxygen atoms in total. The van der Waals surface area contributed by atoms with Crippen LogP contribution in [0.1, 0.15) is 0 Å². The summed E-state index contributed by atoms with van der Waals surface area (Å²) in [6, 6.07) is 0.